The predicted molar refractivity (Wildman–Crippen MR) is 101 cm³/mol. The van der Waals surface area contributed by atoms with Gasteiger partial charge in [-0.3, -0.25) is 0 Å². The molecule has 28 heavy (non-hydrogen) atoms. The van der Waals surface area contributed by atoms with Gasteiger partial charge in [0.05, 0.1) is 12.2 Å². The molecule has 0 saturated heterocycles. The summed E-state index contributed by atoms with van der Waals surface area (Å²) < 4.78 is 43.8. The van der Waals surface area contributed by atoms with E-state index in [4.69, 9.17) is 16.2 Å². The van der Waals surface area contributed by atoms with E-state index in [0.29, 0.717) is 13.0 Å². The lowest BCUT2D eigenvalue weighted by Gasteiger charge is -2.32. The van der Waals surface area contributed by atoms with Crippen molar-refractivity contribution in [2.75, 3.05) is 13.2 Å². The van der Waals surface area contributed by atoms with Crippen molar-refractivity contribution in [3.63, 3.8) is 0 Å². The molecule has 1 aliphatic rings. The van der Waals surface area contributed by atoms with Crippen molar-refractivity contribution in [2.24, 2.45) is 21.5 Å². The van der Waals surface area contributed by atoms with E-state index >= 15 is 0 Å². The first-order valence-corrected chi connectivity index (χ1v) is 8.63. The molecular formula is C19H20F3N5O. The van der Waals surface area contributed by atoms with E-state index in [-0.39, 0.29) is 24.3 Å². The van der Waals surface area contributed by atoms with Crippen LogP contribution in [0.25, 0.3) is 0 Å². The molecule has 2 aromatic carbocycles. The van der Waals surface area contributed by atoms with Crippen LogP contribution < -0.4 is 16.2 Å². The third-order valence-corrected chi connectivity index (χ3v) is 4.14. The number of hydrogen-bond acceptors (Lipinski definition) is 6. The number of ether oxygens (including phenoxy) is 1. The average molecular weight is 391 g/mol. The minimum absolute atomic E-state index is 0.0998. The summed E-state index contributed by atoms with van der Waals surface area (Å²) in [7, 11) is 0. The van der Waals surface area contributed by atoms with Crippen LogP contribution in [-0.4, -0.2) is 30.0 Å². The first-order valence-electron chi connectivity index (χ1n) is 8.63. The number of benzene rings is 2. The lowest BCUT2D eigenvalue weighted by Crippen LogP contribution is -2.44. The molecule has 1 heterocycles. The standard InChI is InChI=1S/C19H20F3N5O/c20-19(21,22)14-8-4-9-15(12-14)28-11-5-10-27-16(13-6-2-1-3-7-13)25-17(23)26-18(27)24/h1-4,6-9,12,16H,5,10-11H2,(H4,23,24,25,26). The highest BCUT2D eigenvalue weighted by atomic mass is 19.4. The number of nitrogens with two attached hydrogens (primary N) is 2. The molecule has 2 aromatic rings. The Morgan fingerprint density at radius 3 is 2.50 bits per heavy atom. The van der Waals surface area contributed by atoms with Gasteiger partial charge in [-0.15, -0.1) is 0 Å². The quantitative estimate of drug-likeness (QED) is 0.741. The molecular weight excluding hydrogens is 371 g/mol. The molecule has 1 unspecified atom stereocenters. The molecule has 4 N–H and O–H groups in total. The van der Waals surface area contributed by atoms with Gasteiger partial charge in [-0.1, -0.05) is 36.4 Å². The van der Waals surface area contributed by atoms with Crippen LogP contribution in [0, 0.1) is 0 Å². The molecule has 0 aliphatic carbocycles. The molecule has 0 amide bonds. The van der Waals surface area contributed by atoms with Gasteiger partial charge < -0.3 is 21.1 Å². The normalized spacial score (nSPS) is 17.1. The van der Waals surface area contributed by atoms with Gasteiger partial charge >= 0.3 is 6.18 Å². The van der Waals surface area contributed by atoms with Gasteiger partial charge in [-0.25, -0.2) is 4.99 Å². The Bertz CT molecular complexity index is 867. The molecule has 0 aromatic heterocycles. The van der Waals surface area contributed by atoms with Crippen molar-refractivity contribution in [3.8, 4) is 5.75 Å². The van der Waals surface area contributed by atoms with Gasteiger partial charge in [0.2, 0.25) is 11.9 Å². The van der Waals surface area contributed by atoms with E-state index in [1.54, 1.807) is 4.90 Å². The minimum atomic E-state index is -4.40. The van der Waals surface area contributed by atoms with Gasteiger partial charge in [0, 0.05) is 6.54 Å². The third-order valence-electron chi connectivity index (χ3n) is 4.14. The largest absolute Gasteiger partial charge is 0.494 e. The molecule has 0 fully saturated rings. The van der Waals surface area contributed by atoms with Crippen LogP contribution in [0.3, 0.4) is 0 Å². The molecule has 0 radical (unpaired) electrons. The topological polar surface area (TPSA) is 89.2 Å². The lowest BCUT2D eigenvalue weighted by atomic mass is 10.1. The van der Waals surface area contributed by atoms with E-state index in [0.717, 1.165) is 17.7 Å². The molecule has 1 aliphatic heterocycles. The molecule has 148 valence electrons. The Labute approximate surface area is 160 Å². The number of aliphatic imine (C=N–C) groups is 2. The molecule has 0 spiro atoms. The van der Waals surface area contributed by atoms with E-state index in [2.05, 4.69) is 9.98 Å². The second kappa shape index (κ2) is 8.20. The zero-order chi connectivity index (χ0) is 20.1. The van der Waals surface area contributed by atoms with Crippen molar-refractivity contribution < 1.29 is 17.9 Å². The first-order chi connectivity index (χ1) is 13.3. The maximum Gasteiger partial charge on any atom is 0.416 e. The zero-order valence-electron chi connectivity index (χ0n) is 14.9. The van der Waals surface area contributed by atoms with Crippen LogP contribution in [0.4, 0.5) is 13.2 Å². The summed E-state index contributed by atoms with van der Waals surface area (Å²) in [4.78, 5) is 10.1. The fourth-order valence-electron chi connectivity index (χ4n) is 2.83. The Hall–Kier alpha value is -3.23. The Morgan fingerprint density at radius 1 is 1.04 bits per heavy atom. The number of guanidine groups is 2. The van der Waals surface area contributed by atoms with Crippen molar-refractivity contribution >= 4 is 11.9 Å². The Kier molecular flexibility index (Phi) is 5.72. The molecule has 1 atom stereocenters. The number of alkyl halides is 3. The Morgan fingerprint density at radius 2 is 1.79 bits per heavy atom. The van der Waals surface area contributed by atoms with Crippen LogP contribution in [0.5, 0.6) is 5.75 Å². The van der Waals surface area contributed by atoms with E-state index in [1.807, 2.05) is 30.3 Å². The molecule has 6 nitrogen and oxygen atoms in total. The number of nitrogens with zero attached hydrogens (tertiary/aromatic N) is 3. The van der Waals surface area contributed by atoms with Crippen LogP contribution >= 0.6 is 0 Å². The average Bonchev–Trinajstić information content (AvgIpc) is 2.66. The molecule has 3 rings (SSSR count). The fraction of sp³-hybridized carbons (Fsp3) is 0.263. The first kappa shape index (κ1) is 19.5. The van der Waals surface area contributed by atoms with Gasteiger partial charge in [0.15, 0.2) is 6.17 Å². The molecule has 9 heteroatoms. The predicted octanol–water partition coefficient (Wildman–Crippen LogP) is 3.12. The lowest BCUT2D eigenvalue weighted by molar-refractivity contribution is -0.137. The summed E-state index contributed by atoms with van der Waals surface area (Å²) in [6.07, 6.45) is -4.31. The highest BCUT2D eigenvalue weighted by Crippen LogP contribution is 2.31. The van der Waals surface area contributed by atoms with Crippen LogP contribution in [0.1, 0.15) is 23.7 Å². The summed E-state index contributed by atoms with van der Waals surface area (Å²) in [5, 5.41) is 0. The monoisotopic (exact) mass is 391 g/mol. The number of rotatable bonds is 6. The minimum Gasteiger partial charge on any atom is -0.494 e. The van der Waals surface area contributed by atoms with E-state index in [1.165, 1.54) is 12.1 Å². The van der Waals surface area contributed by atoms with Crippen LogP contribution in [0.15, 0.2) is 64.6 Å². The summed E-state index contributed by atoms with van der Waals surface area (Å²) in [5.74, 6) is 0.500. The SMILES string of the molecule is NC1=NC(c2ccccc2)N(CCCOc2cccc(C(F)(F)F)c2)C(N)=N1. The zero-order valence-corrected chi connectivity index (χ0v) is 14.9. The van der Waals surface area contributed by atoms with Crippen molar-refractivity contribution in [1.82, 2.24) is 4.90 Å². The second-order valence-corrected chi connectivity index (χ2v) is 6.16. The maximum atomic E-state index is 12.8. The van der Waals surface area contributed by atoms with Crippen LogP contribution in [-0.2, 0) is 6.18 Å². The molecule has 0 saturated carbocycles. The van der Waals surface area contributed by atoms with Crippen LogP contribution in [0.2, 0.25) is 0 Å². The summed E-state index contributed by atoms with van der Waals surface area (Å²) in [5.41, 5.74) is 11.9. The summed E-state index contributed by atoms with van der Waals surface area (Å²) in [6, 6.07) is 14.3. The number of halogens is 3. The van der Waals surface area contributed by atoms with E-state index < -0.39 is 17.9 Å². The smallest absolute Gasteiger partial charge is 0.416 e. The van der Waals surface area contributed by atoms with Gasteiger partial charge in [0.25, 0.3) is 0 Å². The second-order valence-electron chi connectivity index (χ2n) is 6.16. The van der Waals surface area contributed by atoms with Gasteiger partial charge in [-0.2, -0.15) is 18.2 Å². The summed E-state index contributed by atoms with van der Waals surface area (Å²) in [6.45, 7) is 0.663. The summed E-state index contributed by atoms with van der Waals surface area (Å²) >= 11 is 0. The van der Waals surface area contributed by atoms with Gasteiger partial charge in [0.1, 0.15) is 5.75 Å². The van der Waals surface area contributed by atoms with E-state index in [9.17, 15) is 13.2 Å². The Balaban J connectivity index is 1.61. The van der Waals surface area contributed by atoms with Crippen molar-refractivity contribution in [3.05, 3.63) is 65.7 Å². The fourth-order valence-corrected chi connectivity index (χ4v) is 2.83. The number of hydrogen-bond donors (Lipinski definition) is 2. The van der Waals surface area contributed by atoms with Gasteiger partial charge in [-0.05, 0) is 30.2 Å². The highest BCUT2D eigenvalue weighted by Gasteiger charge is 2.30. The maximum absolute atomic E-state index is 12.8. The van der Waals surface area contributed by atoms with Crippen molar-refractivity contribution in [2.45, 2.75) is 18.8 Å². The van der Waals surface area contributed by atoms with Crippen molar-refractivity contribution in [1.29, 1.82) is 0 Å². The molecule has 0 bridgehead atoms. The third kappa shape index (κ3) is 4.73. The highest BCUT2D eigenvalue weighted by molar-refractivity contribution is 5.95.